The molecular formula is C13H21N3O. The largest absolute Gasteiger partial charge is 0.345 e. The van der Waals surface area contributed by atoms with Gasteiger partial charge in [0.2, 0.25) is 6.41 Å². The summed E-state index contributed by atoms with van der Waals surface area (Å²) in [6.07, 6.45) is 9.70. The van der Waals surface area contributed by atoms with E-state index in [9.17, 15) is 4.79 Å². The van der Waals surface area contributed by atoms with Crippen molar-refractivity contribution < 1.29 is 4.79 Å². The standard InChI is InChI=1S/C13H21N3O/c1-12-14-6-10-16(12)7-2-3-13-4-8-15(11-17)9-5-13/h6,10-11,13H,2-5,7-9H2,1H3. The molecule has 94 valence electrons. The van der Waals surface area contributed by atoms with Gasteiger partial charge in [-0.3, -0.25) is 4.79 Å². The number of aromatic nitrogens is 2. The van der Waals surface area contributed by atoms with E-state index in [1.165, 1.54) is 25.7 Å². The predicted octanol–water partition coefficient (Wildman–Crippen LogP) is 1.84. The molecule has 0 bridgehead atoms. The number of hydrogen-bond acceptors (Lipinski definition) is 2. The van der Waals surface area contributed by atoms with Gasteiger partial charge in [0.25, 0.3) is 0 Å². The van der Waals surface area contributed by atoms with Gasteiger partial charge in [-0.2, -0.15) is 0 Å². The lowest BCUT2D eigenvalue weighted by Crippen LogP contribution is -2.32. The lowest BCUT2D eigenvalue weighted by atomic mass is 9.92. The molecule has 1 aromatic rings. The summed E-state index contributed by atoms with van der Waals surface area (Å²) in [4.78, 5) is 16.7. The van der Waals surface area contributed by atoms with E-state index in [2.05, 4.69) is 9.55 Å². The van der Waals surface area contributed by atoms with Crippen molar-refractivity contribution in [3.05, 3.63) is 18.2 Å². The number of imidazole rings is 1. The van der Waals surface area contributed by atoms with Crippen molar-refractivity contribution in [1.82, 2.24) is 14.5 Å². The van der Waals surface area contributed by atoms with Crippen LogP contribution in [0.1, 0.15) is 31.5 Å². The highest BCUT2D eigenvalue weighted by Crippen LogP contribution is 2.21. The minimum absolute atomic E-state index is 0.801. The van der Waals surface area contributed by atoms with Crippen LogP contribution in [0.5, 0.6) is 0 Å². The van der Waals surface area contributed by atoms with Gasteiger partial charge in [-0.25, -0.2) is 4.98 Å². The Bertz CT molecular complexity index is 353. The Morgan fingerprint density at radius 3 is 2.82 bits per heavy atom. The van der Waals surface area contributed by atoms with E-state index in [4.69, 9.17) is 0 Å². The molecule has 1 fully saturated rings. The van der Waals surface area contributed by atoms with Crippen molar-refractivity contribution in [2.24, 2.45) is 5.92 Å². The lowest BCUT2D eigenvalue weighted by Gasteiger charge is -2.29. The summed E-state index contributed by atoms with van der Waals surface area (Å²) in [7, 11) is 0. The van der Waals surface area contributed by atoms with Crippen LogP contribution in [-0.4, -0.2) is 34.0 Å². The molecule has 4 heteroatoms. The first-order valence-corrected chi connectivity index (χ1v) is 6.46. The van der Waals surface area contributed by atoms with Gasteiger partial charge in [0.05, 0.1) is 0 Å². The Kier molecular flexibility index (Phi) is 4.18. The van der Waals surface area contributed by atoms with E-state index in [0.717, 1.165) is 37.8 Å². The van der Waals surface area contributed by atoms with Gasteiger partial charge < -0.3 is 9.47 Å². The van der Waals surface area contributed by atoms with E-state index in [1.54, 1.807) is 0 Å². The molecule has 1 saturated heterocycles. The van der Waals surface area contributed by atoms with Crippen molar-refractivity contribution in [1.29, 1.82) is 0 Å². The first-order valence-electron chi connectivity index (χ1n) is 6.46. The van der Waals surface area contributed by atoms with Crippen LogP contribution in [0.2, 0.25) is 0 Å². The second-order valence-corrected chi connectivity index (χ2v) is 4.89. The Hall–Kier alpha value is -1.32. The molecule has 2 heterocycles. The average molecular weight is 235 g/mol. The molecular weight excluding hydrogens is 214 g/mol. The minimum Gasteiger partial charge on any atom is -0.345 e. The van der Waals surface area contributed by atoms with Crippen LogP contribution >= 0.6 is 0 Å². The van der Waals surface area contributed by atoms with E-state index in [1.807, 2.05) is 24.2 Å². The van der Waals surface area contributed by atoms with Crippen molar-refractivity contribution >= 4 is 6.41 Å². The van der Waals surface area contributed by atoms with Crippen LogP contribution in [0.25, 0.3) is 0 Å². The third-order valence-electron chi connectivity index (χ3n) is 3.73. The summed E-state index contributed by atoms with van der Waals surface area (Å²) in [5.74, 6) is 1.90. The van der Waals surface area contributed by atoms with Crippen LogP contribution in [-0.2, 0) is 11.3 Å². The second-order valence-electron chi connectivity index (χ2n) is 4.89. The zero-order chi connectivity index (χ0) is 12.1. The molecule has 0 radical (unpaired) electrons. The number of hydrogen-bond donors (Lipinski definition) is 0. The molecule has 0 saturated carbocycles. The Balaban J connectivity index is 1.66. The summed E-state index contributed by atoms with van der Waals surface area (Å²) in [5.41, 5.74) is 0. The monoisotopic (exact) mass is 235 g/mol. The summed E-state index contributed by atoms with van der Waals surface area (Å²) < 4.78 is 2.21. The maximum atomic E-state index is 10.6. The van der Waals surface area contributed by atoms with Crippen LogP contribution < -0.4 is 0 Å². The fourth-order valence-corrected chi connectivity index (χ4v) is 2.54. The first kappa shape index (κ1) is 12.1. The van der Waals surface area contributed by atoms with E-state index in [-0.39, 0.29) is 0 Å². The first-order chi connectivity index (χ1) is 8.29. The molecule has 0 atom stereocenters. The molecule has 1 aliphatic heterocycles. The highest BCUT2D eigenvalue weighted by Gasteiger charge is 2.17. The van der Waals surface area contributed by atoms with Crippen LogP contribution in [0, 0.1) is 12.8 Å². The van der Waals surface area contributed by atoms with Crippen molar-refractivity contribution in [2.45, 2.75) is 39.2 Å². The van der Waals surface area contributed by atoms with Crippen molar-refractivity contribution in [3.8, 4) is 0 Å². The molecule has 0 aromatic carbocycles. The maximum Gasteiger partial charge on any atom is 0.209 e. The fourth-order valence-electron chi connectivity index (χ4n) is 2.54. The number of piperidine rings is 1. The summed E-state index contributed by atoms with van der Waals surface area (Å²) in [6.45, 7) is 5.00. The molecule has 4 nitrogen and oxygen atoms in total. The second kappa shape index (κ2) is 5.84. The quantitative estimate of drug-likeness (QED) is 0.730. The van der Waals surface area contributed by atoms with Gasteiger partial charge in [0.15, 0.2) is 0 Å². The molecule has 1 amide bonds. The summed E-state index contributed by atoms with van der Waals surface area (Å²) >= 11 is 0. The maximum absolute atomic E-state index is 10.6. The van der Waals surface area contributed by atoms with E-state index in [0.29, 0.717) is 0 Å². The molecule has 0 unspecified atom stereocenters. The highest BCUT2D eigenvalue weighted by molar-refractivity contribution is 5.47. The Labute approximate surface area is 103 Å². The number of likely N-dealkylation sites (tertiary alicyclic amines) is 1. The zero-order valence-corrected chi connectivity index (χ0v) is 10.5. The SMILES string of the molecule is Cc1nccn1CCCC1CCN(C=O)CC1. The molecule has 2 rings (SSSR count). The molecule has 0 spiro atoms. The normalized spacial score (nSPS) is 17.4. The molecule has 0 N–H and O–H groups in total. The third-order valence-corrected chi connectivity index (χ3v) is 3.73. The van der Waals surface area contributed by atoms with Gasteiger partial charge in [-0.15, -0.1) is 0 Å². The number of carbonyl (C=O) groups is 1. The van der Waals surface area contributed by atoms with Crippen molar-refractivity contribution in [3.63, 3.8) is 0 Å². The zero-order valence-electron chi connectivity index (χ0n) is 10.5. The number of amides is 1. The smallest absolute Gasteiger partial charge is 0.209 e. The molecule has 17 heavy (non-hydrogen) atoms. The van der Waals surface area contributed by atoms with Gasteiger partial charge in [-0.05, 0) is 38.5 Å². The topological polar surface area (TPSA) is 38.1 Å². The van der Waals surface area contributed by atoms with Gasteiger partial charge in [-0.1, -0.05) is 0 Å². The van der Waals surface area contributed by atoms with Gasteiger partial charge in [0.1, 0.15) is 5.82 Å². The number of aryl methyl sites for hydroxylation is 2. The molecule has 1 aromatic heterocycles. The van der Waals surface area contributed by atoms with E-state index >= 15 is 0 Å². The van der Waals surface area contributed by atoms with Crippen LogP contribution in [0.4, 0.5) is 0 Å². The van der Waals surface area contributed by atoms with Crippen LogP contribution in [0.3, 0.4) is 0 Å². The third kappa shape index (κ3) is 3.32. The van der Waals surface area contributed by atoms with Gasteiger partial charge in [0, 0.05) is 32.0 Å². The number of carbonyl (C=O) groups excluding carboxylic acids is 1. The summed E-state index contributed by atoms with van der Waals surface area (Å²) in [5, 5.41) is 0. The molecule has 0 aliphatic carbocycles. The lowest BCUT2D eigenvalue weighted by molar-refractivity contribution is -0.119. The predicted molar refractivity (Wildman–Crippen MR) is 66.6 cm³/mol. The highest BCUT2D eigenvalue weighted by atomic mass is 16.1. The van der Waals surface area contributed by atoms with Crippen LogP contribution in [0.15, 0.2) is 12.4 Å². The Morgan fingerprint density at radius 1 is 1.47 bits per heavy atom. The minimum atomic E-state index is 0.801. The fraction of sp³-hybridized carbons (Fsp3) is 0.692. The van der Waals surface area contributed by atoms with Crippen molar-refractivity contribution in [2.75, 3.05) is 13.1 Å². The number of nitrogens with zero attached hydrogens (tertiary/aromatic N) is 3. The summed E-state index contributed by atoms with van der Waals surface area (Å²) in [6, 6.07) is 0. The number of rotatable bonds is 5. The molecule has 1 aliphatic rings. The average Bonchev–Trinajstić information content (AvgIpc) is 2.76. The van der Waals surface area contributed by atoms with Gasteiger partial charge >= 0.3 is 0 Å². The Morgan fingerprint density at radius 2 is 2.24 bits per heavy atom. The van der Waals surface area contributed by atoms with E-state index < -0.39 is 0 Å².